The summed E-state index contributed by atoms with van der Waals surface area (Å²) in [5.41, 5.74) is 6.08. The molecule has 82 valence electrons. The van der Waals surface area contributed by atoms with Gasteiger partial charge in [0.05, 0.1) is 0 Å². The third-order valence-electron chi connectivity index (χ3n) is 1.87. The van der Waals surface area contributed by atoms with Gasteiger partial charge in [0, 0.05) is 29.0 Å². The van der Waals surface area contributed by atoms with Crippen LogP contribution in [0.25, 0.3) is 0 Å². The zero-order valence-electron chi connectivity index (χ0n) is 8.09. The van der Waals surface area contributed by atoms with E-state index in [1.807, 2.05) is 18.2 Å². The van der Waals surface area contributed by atoms with Crippen LogP contribution in [-0.4, -0.2) is 12.5 Å². The summed E-state index contributed by atoms with van der Waals surface area (Å²) in [5, 5.41) is 3.81. The van der Waals surface area contributed by atoms with Crippen LogP contribution in [0.5, 0.6) is 0 Å². The van der Waals surface area contributed by atoms with Crippen molar-refractivity contribution < 1.29 is 4.79 Å². The number of hydrogen-bond acceptors (Lipinski definition) is 2. The van der Waals surface area contributed by atoms with Crippen molar-refractivity contribution in [2.24, 2.45) is 5.73 Å². The zero-order chi connectivity index (χ0) is 11.3. The van der Waals surface area contributed by atoms with Gasteiger partial charge in [0.25, 0.3) is 0 Å². The molecular weight excluding hydrogens is 279 g/mol. The Labute approximate surface area is 102 Å². The zero-order valence-corrected chi connectivity index (χ0v) is 10.4. The molecule has 3 N–H and O–H groups in total. The van der Waals surface area contributed by atoms with E-state index in [4.69, 9.17) is 17.3 Å². The minimum atomic E-state index is -0.298. The van der Waals surface area contributed by atoms with Crippen LogP contribution >= 0.6 is 27.5 Å². The number of nitrogens with one attached hydrogen (secondary N) is 1. The first-order valence-corrected chi connectivity index (χ1v) is 5.69. The van der Waals surface area contributed by atoms with Crippen LogP contribution in [0.2, 0.25) is 5.02 Å². The van der Waals surface area contributed by atoms with Crippen molar-refractivity contribution in [3.05, 3.63) is 33.3 Å². The summed E-state index contributed by atoms with van der Waals surface area (Å²) >= 11 is 9.28. The van der Waals surface area contributed by atoms with Crippen molar-refractivity contribution in [1.29, 1.82) is 0 Å². The lowest BCUT2D eigenvalue weighted by atomic mass is 10.2. The highest BCUT2D eigenvalue weighted by atomic mass is 79.9. The number of benzene rings is 1. The van der Waals surface area contributed by atoms with Crippen LogP contribution in [0.15, 0.2) is 22.7 Å². The molecule has 0 spiro atoms. The lowest BCUT2D eigenvalue weighted by molar-refractivity contribution is -0.117. The molecular formula is C10H12BrClN2O. The molecule has 0 atom stereocenters. The summed E-state index contributed by atoms with van der Waals surface area (Å²) in [6.07, 6.45) is 0.345. The molecule has 0 fully saturated rings. The number of hydrogen-bond donors (Lipinski definition) is 2. The van der Waals surface area contributed by atoms with Crippen LogP contribution in [0.3, 0.4) is 0 Å². The molecule has 3 nitrogen and oxygen atoms in total. The van der Waals surface area contributed by atoms with Crippen LogP contribution < -0.4 is 11.1 Å². The van der Waals surface area contributed by atoms with Crippen LogP contribution in [0.4, 0.5) is 0 Å². The molecule has 0 radical (unpaired) electrons. The second kappa shape index (κ2) is 6.10. The number of amides is 1. The standard InChI is InChI=1S/C10H12BrClN2O/c11-9-2-1-8(12)5-7(9)6-14-4-3-10(13)15/h1-2,5,14H,3-4,6H2,(H2,13,15). The summed E-state index contributed by atoms with van der Waals surface area (Å²) in [5.74, 6) is -0.298. The van der Waals surface area contributed by atoms with Gasteiger partial charge in [0.15, 0.2) is 0 Å². The molecule has 5 heteroatoms. The van der Waals surface area contributed by atoms with E-state index in [9.17, 15) is 4.79 Å². The SMILES string of the molecule is NC(=O)CCNCc1cc(Cl)ccc1Br. The van der Waals surface area contributed by atoms with Gasteiger partial charge in [-0.2, -0.15) is 0 Å². The van der Waals surface area contributed by atoms with E-state index in [0.29, 0.717) is 24.5 Å². The van der Waals surface area contributed by atoms with Gasteiger partial charge in [0.1, 0.15) is 0 Å². The van der Waals surface area contributed by atoms with Gasteiger partial charge in [-0.15, -0.1) is 0 Å². The first-order valence-electron chi connectivity index (χ1n) is 4.52. The summed E-state index contributed by atoms with van der Waals surface area (Å²) in [6, 6.07) is 5.59. The van der Waals surface area contributed by atoms with Gasteiger partial charge in [0.2, 0.25) is 5.91 Å². The van der Waals surface area contributed by atoms with Crippen molar-refractivity contribution in [3.8, 4) is 0 Å². The fraction of sp³-hybridized carbons (Fsp3) is 0.300. The fourth-order valence-corrected chi connectivity index (χ4v) is 1.69. The first-order chi connectivity index (χ1) is 7.09. The molecule has 1 amide bonds. The largest absolute Gasteiger partial charge is 0.370 e. The number of halogens is 2. The third-order valence-corrected chi connectivity index (χ3v) is 2.88. The van der Waals surface area contributed by atoms with E-state index >= 15 is 0 Å². The Bertz CT molecular complexity index is 357. The second-order valence-electron chi connectivity index (χ2n) is 3.13. The topological polar surface area (TPSA) is 55.1 Å². The second-order valence-corrected chi connectivity index (χ2v) is 4.42. The molecule has 0 saturated heterocycles. The number of nitrogens with two attached hydrogens (primary N) is 1. The molecule has 0 bridgehead atoms. The highest BCUT2D eigenvalue weighted by Crippen LogP contribution is 2.20. The maximum Gasteiger partial charge on any atom is 0.218 e. The quantitative estimate of drug-likeness (QED) is 0.816. The first kappa shape index (κ1) is 12.5. The Morgan fingerprint density at radius 2 is 2.27 bits per heavy atom. The highest BCUT2D eigenvalue weighted by Gasteiger charge is 2.00. The summed E-state index contributed by atoms with van der Waals surface area (Å²) in [7, 11) is 0. The predicted molar refractivity (Wildman–Crippen MR) is 64.7 cm³/mol. The van der Waals surface area contributed by atoms with Crippen LogP contribution in [0.1, 0.15) is 12.0 Å². The molecule has 1 aromatic carbocycles. The minimum absolute atomic E-state index is 0.298. The molecule has 1 rings (SSSR count). The van der Waals surface area contributed by atoms with E-state index in [-0.39, 0.29) is 5.91 Å². The van der Waals surface area contributed by atoms with Crippen molar-refractivity contribution >= 4 is 33.4 Å². The number of carbonyl (C=O) groups excluding carboxylic acids is 1. The summed E-state index contributed by atoms with van der Waals surface area (Å²) in [6.45, 7) is 1.24. The average Bonchev–Trinajstić information content (AvgIpc) is 2.17. The van der Waals surface area contributed by atoms with E-state index in [1.165, 1.54) is 0 Å². The molecule has 1 aromatic rings. The molecule has 0 saturated carbocycles. The number of rotatable bonds is 5. The van der Waals surface area contributed by atoms with Crippen LogP contribution in [-0.2, 0) is 11.3 Å². The van der Waals surface area contributed by atoms with Crippen molar-refractivity contribution in [1.82, 2.24) is 5.32 Å². The Morgan fingerprint density at radius 3 is 2.93 bits per heavy atom. The summed E-state index contributed by atoms with van der Waals surface area (Å²) < 4.78 is 0.999. The van der Waals surface area contributed by atoms with Crippen LogP contribution in [0, 0.1) is 0 Å². The normalized spacial score (nSPS) is 10.3. The van der Waals surface area contributed by atoms with E-state index in [0.717, 1.165) is 10.0 Å². The van der Waals surface area contributed by atoms with Gasteiger partial charge >= 0.3 is 0 Å². The van der Waals surface area contributed by atoms with Gasteiger partial charge in [-0.1, -0.05) is 27.5 Å². The third kappa shape index (κ3) is 4.64. The Hall–Kier alpha value is -0.580. The molecule has 15 heavy (non-hydrogen) atoms. The molecule has 0 aromatic heterocycles. The van der Waals surface area contributed by atoms with E-state index in [2.05, 4.69) is 21.2 Å². The van der Waals surface area contributed by atoms with E-state index < -0.39 is 0 Å². The van der Waals surface area contributed by atoms with Gasteiger partial charge < -0.3 is 11.1 Å². The van der Waals surface area contributed by atoms with Gasteiger partial charge in [-0.05, 0) is 23.8 Å². The highest BCUT2D eigenvalue weighted by molar-refractivity contribution is 9.10. The Balaban J connectivity index is 2.43. The lowest BCUT2D eigenvalue weighted by Gasteiger charge is -2.06. The minimum Gasteiger partial charge on any atom is -0.370 e. The average molecular weight is 292 g/mol. The molecule has 0 unspecified atom stereocenters. The fourth-order valence-electron chi connectivity index (χ4n) is 1.11. The monoisotopic (exact) mass is 290 g/mol. The van der Waals surface area contributed by atoms with E-state index in [1.54, 1.807) is 0 Å². The van der Waals surface area contributed by atoms with Crippen molar-refractivity contribution in [2.75, 3.05) is 6.54 Å². The predicted octanol–water partition coefficient (Wildman–Crippen LogP) is 2.07. The summed E-state index contributed by atoms with van der Waals surface area (Å²) in [4.78, 5) is 10.5. The number of primary amides is 1. The smallest absolute Gasteiger partial charge is 0.218 e. The lowest BCUT2D eigenvalue weighted by Crippen LogP contribution is -2.21. The van der Waals surface area contributed by atoms with Crippen molar-refractivity contribution in [2.45, 2.75) is 13.0 Å². The molecule has 0 aliphatic rings. The molecule has 0 aliphatic heterocycles. The maximum absolute atomic E-state index is 10.5. The Morgan fingerprint density at radius 1 is 1.53 bits per heavy atom. The van der Waals surface area contributed by atoms with Gasteiger partial charge in [-0.3, -0.25) is 4.79 Å². The van der Waals surface area contributed by atoms with Gasteiger partial charge in [-0.25, -0.2) is 0 Å². The number of carbonyl (C=O) groups is 1. The molecule has 0 heterocycles. The molecule has 0 aliphatic carbocycles. The maximum atomic E-state index is 10.5. The van der Waals surface area contributed by atoms with Crippen molar-refractivity contribution in [3.63, 3.8) is 0 Å². The Kier molecular flexibility index (Phi) is 5.08.